The van der Waals surface area contributed by atoms with Crippen LogP contribution in [0.25, 0.3) is 10.9 Å². The van der Waals surface area contributed by atoms with E-state index in [2.05, 4.69) is 29.0 Å². The van der Waals surface area contributed by atoms with Gasteiger partial charge in [0.1, 0.15) is 0 Å². The van der Waals surface area contributed by atoms with E-state index in [0.717, 1.165) is 54.5 Å². The topological polar surface area (TPSA) is 37.4 Å². The Hall–Kier alpha value is -1.36. The van der Waals surface area contributed by atoms with Crippen LogP contribution in [0.5, 0.6) is 0 Å². The Morgan fingerprint density at radius 2 is 2.04 bits per heavy atom. The van der Waals surface area contributed by atoms with Gasteiger partial charge in [-0.3, -0.25) is 9.88 Å². The minimum Gasteiger partial charge on any atom is -0.383 e. The number of fused-ring (bicyclic) bond motifs is 1. The first-order valence-electron chi connectivity index (χ1n) is 8.25. The highest BCUT2D eigenvalue weighted by Crippen LogP contribution is 2.25. The lowest BCUT2D eigenvalue weighted by molar-refractivity contribution is 0.00955. The monoisotopic (exact) mass is 333 g/mol. The van der Waals surface area contributed by atoms with Crippen LogP contribution in [0.1, 0.15) is 13.8 Å². The molecule has 0 aliphatic carbocycles. The van der Waals surface area contributed by atoms with E-state index in [1.807, 2.05) is 30.5 Å². The zero-order chi connectivity index (χ0) is 16.2. The molecule has 2 aromatic rings. The van der Waals surface area contributed by atoms with Crippen LogP contribution in [0.15, 0.2) is 30.5 Å². The highest BCUT2D eigenvalue weighted by atomic mass is 35.5. The molecule has 0 radical (unpaired) electrons. The fourth-order valence-corrected chi connectivity index (χ4v) is 3.35. The van der Waals surface area contributed by atoms with Gasteiger partial charge in [0, 0.05) is 48.0 Å². The van der Waals surface area contributed by atoms with Crippen molar-refractivity contribution in [2.24, 2.45) is 5.92 Å². The second-order valence-corrected chi connectivity index (χ2v) is 6.80. The van der Waals surface area contributed by atoms with Crippen molar-refractivity contribution in [3.63, 3.8) is 0 Å². The van der Waals surface area contributed by atoms with Crippen molar-refractivity contribution in [3.8, 4) is 0 Å². The molecule has 124 valence electrons. The van der Waals surface area contributed by atoms with Crippen LogP contribution in [0.2, 0.25) is 5.02 Å². The third-order valence-electron chi connectivity index (χ3n) is 4.49. The summed E-state index contributed by atoms with van der Waals surface area (Å²) in [5.41, 5.74) is 2.04. The number of ether oxygens (including phenoxy) is 1. The Labute approximate surface area is 142 Å². The molecule has 1 N–H and O–H groups in total. The zero-order valence-electron chi connectivity index (χ0n) is 13.8. The summed E-state index contributed by atoms with van der Waals surface area (Å²) in [4.78, 5) is 6.93. The third-order valence-corrected chi connectivity index (χ3v) is 4.73. The number of hydrogen-bond acceptors (Lipinski definition) is 4. The normalized spacial score (nSPS) is 17.6. The molecule has 0 spiro atoms. The van der Waals surface area contributed by atoms with Crippen molar-refractivity contribution in [2.45, 2.75) is 19.9 Å². The molecule has 2 heterocycles. The van der Waals surface area contributed by atoms with E-state index in [4.69, 9.17) is 16.3 Å². The number of rotatable bonds is 5. The van der Waals surface area contributed by atoms with Gasteiger partial charge in [-0.05, 0) is 30.2 Å². The maximum Gasteiger partial charge on any atom is 0.0737 e. The first-order valence-corrected chi connectivity index (χ1v) is 8.63. The number of nitrogens with zero attached hydrogens (tertiary/aromatic N) is 2. The minimum absolute atomic E-state index is 0.495. The predicted molar refractivity (Wildman–Crippen MR) is 96.3 cm³/mol. The van der Waals surface area contributed by atoms with Crippen molar-refractivity contribution in [1.29, 1.82) is 0 Å². The number of anilines is 1. The number of nitrogens with one attached hydrogen (secondary N) is 1. The summed E-state index contributed by atoms with van der Waals surface area (Å²) >= 11 is 6.06. The van der Waals surface area contributed by atoms with Gasteiger partial charge in [-0.1, -0.05) is 25.4 Å². The van der Waals surface area contributed by atoms with E-state index in [0.29, 0.717) is 12.0 Å². The molecule has 1 unspecified atom stereocenters. The van der Waals surface area contributed by atoms with Gasteiger partial charge in [0.2, 0.25) is 0 Å². The van der Waals surface area contributed by atoms with Crippen LogP contribution < -0.4 is 5.32 Å². The van der Waals surface area contributed by atoms with Crippen molar-refractivity contribution < 1.29 is 4.74 Å². The second kappa shape index (κ2) is 7.47. The summed E-state index contributed by atoms with van der Waals surface area (Å²) in [6, 6.07) is 8.39. The van der Waals surface area contributed by atoms with Crippen LogP contribution >= 0.6 is 11.6 Å². The first kappa shape index (κ1) is 16.5. The Morgan fingerprint density at radius 3 is 2.78 bits per heavy atom. The lowest BCUT2D eigenvalue weighted by Gasteiger charge is -2.37. The number of hydrogen-bond donors (Lipinski definition) is 1. The van der Waals surface area contributed by atoms with Gasteiger partial charge >= 0.3 is 0 Å². The lowest BCUT2D eigenvalue weighted by Crippen LogP contribution is -2.49. The van der Waals surface area contributed by atoms with E-state index >= 15 is 0 Å². The molecule has 1 aliphatic heterocycles. The van der Waals surface area contributed by atoms with Crippen LogP contribution in [0, 0.1) is 5.92 Å². The van der Waals surface area contributed by atoms with E-state index in [1.165, 1.54) is 0 Å². The van der Waals surface area contributed by atoms with Gasteiger partial charge in [-0.2, -0.15) is 0 Å². The largest absolute Gasteiger partial charge is 0.383 e. The molecule has 1 aliphatic rings. The molecular formula is C18H24ClN3O. The summed E-state index contributed by atoms with van der Waals surface area (Å²) in [6.45, 7) is 9.17. The van der Waals surface area contributed by atoms with E-state index in [-0.39, 0.29) is 0 Å². The average molecular weight is 334 g/mol. The van der Waals surface area contributed by atoms with Crippen LogP contribution in [0.4, 0.5) is 5.69 Å². The molecule has 0 bridgehead atoms. The Balaban J connectivity index is 1.75. The SMILES string of the molecule is CC(C)C(CNc1ccnc2cc(Cl)ccc12)N1CCOCC1. The Kier molecular flexibility index (Phi) is 5.36. The molecule has 1 aromatic carbocycles. The number of aromatic nitrogens is 1. The molecule has 1 saturated heterocycles. The highest BCUT2D eigenvalue weighted by Gasteiger charge is 2.23. The van der Waals surface area contributed by atoms with Gasteiger partial charge in [0.25, 0.3) is 0 Å². The van der Waals surface area contributed by atoms with Crippen LogP contribution in [-0.4, -0.2) is 48.8 Å². The fourth-order valence-electron chi connectivity index (χ4n) is 3.19. The Morgan fingerprint density at radius 1 is 1.26 bits per heavy atom. The molecule has 0 saturated carbocycles. The average Bonchev–Trinajstić information content (AvgIpc) is 2.55. The molecule has 5 heteroatoms. The lowest BCUT2D eigenvalue weighted by atomic mass is 10.0. The van der Waals surface area contributed by atoms with Crippen molar-refractivity contribution in [2.75, 3.05) is 38.2 Å². The summed E-state index contributed by atoms with van der Waals surface area (Å²) in [7, 11) is 0. The molecule has 4 nitrogen and oxygen atoms in total. The predicted octanol–water partition coefficient (Wildman–Crippen LogP) is 3.66. The summed E-state index contributed by atoms with van der Waals surface area (Å²) < 4.78 is 5.48. The van der Waals surface area contributed by atoms with Gasteiger partial charge < -0.3 is 10.1 Å². The number of pyridine rings is 1. The molecule has 1 atom stereocenters. The van der Waals surface area contributed by atoms with Crippen molar-refractivity contribution in [1.82, 2.24) is 9.88 Å². The van der Waals surface area contributed by atoms with Crippen LogP contribution in [0.3, 0.4) is 0 Å². The first-order chi connectivity index (χ1) is 11.1. The maximum absolute atomic E-state index is 6.06. The van der Waals surface area contributed by atoms with Gasteiger partial charge in [-0.25, -0.2) is 0 Å². The zero-order valence-corrected chi connectivity index (χ0v) is 14.5. The van der Waals surface area contributed by atoms with E-state index in [1.54, 1.807) is 0 Å². The summed E-state index contributed by atoms with van der Waals surface area (Å²) in [5.74, 6) is 0.586. The van der Waals surface area contributed by atoms with Crippen molar-refractivity contribution in [3.05, 3.63) is 35.5 Å². The van der Waals surface area contributed by atoms with E-state index in [9.17, 15) is 0 Å². The third kappa shape index (κ3) is 3.94. The number of halogens is 1. The van der Waals surface area contributed by atoms with Crippen molar-refractivity contribution >= 4 is 28.2 Å². The van der Waals surface area contributed by atoms with Gasteiger partial charge in [-0.15, -0.1) is 0 Å². The minimum atomic E-state index is 0.495. The van der Waals surface area contributed by atoms with Crippen LogP contribution in [-0.2, 0) is 4.74 Å². The maximum atomic E-state index is 6.06. The molecule has 0 amide bonds. The summed E-state index contributed by atoms with van der Waals surface area (Å²) in [5, 5.41) is 5.45. The highest BCUT2D eigenvalue weighted by molar-refractivity contribution is 6.31. The molecular weight excluding hydrogens is 310 g/mol. The molecule has 1 aromatic heterocycles. The van der Waals surface area contributed by atoms with Gasteiger partial charge in [0.05, 0.1) is 18.7 Å². The quantitative estimate of drug-likeness (QED) is 0.906. The molecule has 23 heavy (non-hydrogen) atoms. The standard InChI is InChI=1S/C18H24ClN3O/c1-13(2)18(22-7-9-23-10-8-22)12-21-16-5-6-20-17-11-14(19)3-4-15(16)17/h3-6,11,13,18H,7-10,12H2,1-2H3,(H,20,21). The molecule has 3 rings (SSSR count). The smallest absolute Gasteiger partial charge is 0.0737 e. The number of benzene rings is 1. The Bertz CT molecular complexity index is 656. The summed E-state index contributed by atoms with van der Waals surface area (Å²) in [6.07, 6.45) is 1.83. The van der Waals surface area contributed by atoms with Gasteiger partial charge in [0.15, 0.2) is 0 Å². The second-order valence-electron chi connectivity index (χ2n) is 6.36. The molecule has 1 fully saturated rings. The van der Waals surface area contributed by atoms with E-state index < -0.39 is 0 Å². The number of morpholine rings is 1. The fraction of sp³-hybridized carbons (Fsp3) is 0.500.